The van der Waals surface area contributed by atoms with E-state index < -0.39 is 6.98 Å². The van der Waals surface area contributed by atoms with Crippen LogP contribution in [0.3, 0.4) is 0 Å². The van der Waals surface area contributed by atoms with Gasteiger partial charge in [-0.25, -0.2) is 14.5 Å². The van der Waals surface area contributed by atoms with Crippen molar-refractivity contribution in [2.45, 2.75) is 6.42 Å². The molecule has 2 N–H and O–H groups in total. The van der Waals surface area contributed by atoms with E-state index in [4.69, 9.17) is 13.6 Å². The van der Waals surface area contributed by atoms with Crippen LogP contribution in [0, 0.1) is 11.8 Å². The zero-order valence-corrected chi connectivity index (χ0v) is 19.6. The molecule has 2 atom stereocenters. The van der Waals surface area contributed by atoms with Gasteiger partial charge in [0.05, 0.1) is 25.1 Å². The quantitative estimate of drug-likeness (QED) is 0.394. The number of anilines is 3. The molecule has 0 spiro atoms. The number of hydrogen-bond acceptors (Lipinski definition) is 10. The summed E-state index contributed by atoms with van der Waals surface area (Å²) in [6.07, 6.45) is 4.16. The molecule has 4 aromatic rings. The number of methoxy groups -OCH3 is 1. The van der Waals surface area contributed by atoms with E-state index >= 15 is 0 Å². The number of nitrogens with one attached hydrogen (secondary N) is 2. The van der Waals surface area contributed by atoms with Gasteiger partial charge >= 0.3 is 0 Å². The number of aromatic nitrogens is 6. The average molecular weight is 493 g/mol. The Hall–Kier alpha value is -3.90. The third-order valence-electron chi connectivity index (χ3n) is 6.57. The molecule has 186 valence electrons. The predicted octanol–water partition coefficient (Wildman–Crippen LogP) is 1.83. The Bertz CT molecular complexity index is 1540. The molecule has 0 radical (unpaired) electrons. The van der Waals surface area contributed by atoms with Crippen LogP contribution in [0.2, 0.25) is 0 Å². The second-order valence-corrected chi connectivity index (χ2v) is 8.91. The highest BCUT2D eigenvalue weighted by Crippen LogP contribution is 2.39. The van der Waals surface area contributed by atoms with Crippen molar-refractivity contribution < 1.29 is 18.4 Å². The Balaban J connectivity index is 1.37. The molecule has 5 heterocycles. The number of carbonyl (C=O) groups excluding carboxylic acids is 1. The first-order valence-electron chi connectivity index (χ1n) is 13.2. The highest BCUT2D eigenvalue weighted by Gasteiger charge is 2.43. The maximum atomic E-state index is 12.7. The van der Waals surface area contributed by atoms with Crippen molar-refractivity contribution in [2.75, 3.05) is 62.5 Å². The third-order valence-corrected chi connectivity index (χ3v) is 6.57. The first kappa shape index (κ1) is 19.3. The van der Waals surface area contributed by atoms with Gasteiger partial charge in [-0.2, -0.15) is 0 Å². The van der Waals surface area contributed by atoms with Crippen LogP contribution in [0.25, 0.3) is 27.9 Å². The lowest BCUT2D eigenvalue weighted by molar-refractivity contribution is -0.117. The molecule has 2 aliphatic rings. The summed E-state index contributed by atoms with van der Waals surface area (Å²) in [5.74, 6) is 0.528. The molecule has 0 unspecified atom stereocenters. The highest BCUT2D eigenvalue weighted by atomic mass is 16.5. The molecule has 12 heteroatoms. The Morgan fingerprint density at radius 2 is 2.19 bits per heavy atom. The molecule has 1 aliphatic heterocycles. The highest BCUT2D eigenvalue weighted by molar-refractivity contribution is 6.01. The van der Waals surface area contributed by atoms with E-state index in [2.05, 4.69) is 40.8 Å². The zero-order valence-electron chi connectivity index (χ0n) is 22.6. The second-order valence-electron chi connectivity index (χ2n) is 8.91. The minimum Gasteiger partial charge on any atom is -0.384 e. The van der Waals surface area contributed by atoms with Gasteiger partial charge in [0, 0.05) is 61.0 Å². The first-order valence-corrected chi connectivity index (χ1v) is 11.7. The number of carbonyl (C=O) groups is 1. The van der Waals surface area contributed by atoms with Crippen LogP contribution in [0.1, 0.15) is 10.5 Å². The molecule has 2 fully saturated rings. The van der Waals surface area contributed by atoms with Gasteiger partial charge < -0.3 is 25.0 Å². The number of pyridine rings is 2. The lowest BCUT2D eigenvalue weighted by Gasteiger charge is -2.28. The van der Waals surface area contributed by atoms with Gasteiger partial charge in [-0.3, -0.25) is 4.79 Å². The van der Waals surface area contributed by atoms with Crippen molar-refractivity contribution >= 4 is 39.8 Å². The monoisotopic (exact) mass is 492 g/mol. The maximum Gasteiger partial charge on any atom is 0.229 e. The summed E-state index contributed by atoms with van der Waals surface area (Å²) in [5.41, 5.74) is 2.38. The molecule has 1 saturated heterocycles. The summed E-state index contributed by atoms with van der Waals surface area (Å²) in [5, 5.41) is 18.7. The molecular formula is C24H27N9O3. The summed E-state index contributed by atoms with van der Waals surface area (Å²) < 4.78 is 35.1. The molecule has 12 nitrogen and oxygen atoms in total. The minimum absolute atomic E-state index is 0.0415. The molecule has 1 saturated carbocycles. The maximum absolute atomic E-state index is 12.7. The molecule has 0 aromatic carbocycles. The molecule has 4 aromatic heterocycles. The van der Waals surface area contributed by atoms with Crippen molar-refractivity contribution in [1.82, 2.24) is 29.8 Å². The number of morpholine rings is 1. The van der Waals surface area contributed by atoms with Crippen LogP contribution in [0.15, 0.2) is 30.6 Å². The van der Waals surface area contributed by atoms with Crippen molar-refractivity contribution in [3.05, 3.63) is 30.6 Å². The Labute approximate surface area is 211 Å². The van der Waals surface area contributed by atoms with E-state index in [9.17, 15) is 4.79 Å². The number of rotatable bonds is 7. The average Bonchev–Trinajstić information content (AvgIpc) is 3.56. The number of hydrogen-bond donors (Lipinski definition) is 2. The van der Waals surface area contributed by atoms with Crippen molar-refractivity contribution in [1.29, 1.82) is 0 Å². The number of fused-ring (bicyclic) bond motifs is 2. The second kappa shape index (κ2) is 9.28. The third kappa shape index (κ3) is 4.18. The van der Waals surface area contributed by atoms with Gasteiger partial charge in [-0.05, 0) is 30.5 Å². The van der Waals surface area contributed by atoms with Crippen LogP contribution in [0.5, 0.6) is 0 Å². The Morgan fingerprint density at radius 1 is 1.31 bits per heavy atom. The van der Waals surface area contributed by atoms with E-state index in [-0.39, 0.29) is 34.9 Å². The van der Waals surface area contributed by atoms with Crippen molar-refractivity contribution in [3.63, 3.8) is 0 Å². The fraction of sp³-hybridized carbons (Fsp3) is 0.417. The van der Waals surface area contributed by atoms with E-state index in [0.717, 1.165) is 25.2 Å². The topological polar surface area (TPSA) is 132 Å². The first-order chi connectivity index (χ1) is 18.8. The van der Waals surface area contributed by atoms with Gasteiger partial charge in [0.2, 0.25) is 5.91 Å². The lowest BCUT2D eigenvalue weighted by Crippen LogP contribution is -2.36. The fourth-order valence-electron chi connectivity index (χ4n) is 4.54. The van der Waals surface area contributed by atoms with E-state index in [1.54, 1.807) is 17.7 Å². The fourth-order valence-corrected chi connectivity index (χ4v) is 4.54. The molecule has 6 rings (SSSR count). The van der Waals surface area contributed by atoms with Crippen LogP contribution < -0.4 is 15.5 Å². The van der Waals surface area contributed by atoms with Gasteiger partial charge in [0.25, 0.3) is 0 Å². The zero-order chi connectivity index (χ0) is 27.1. The smallest absolute Gasteiger partial charge is 0.229 e. The summed E-state index contributed by atoms with van der Waals surface area (Å²) in [7, 11) is 1.61. The molecule has 1 aliphatic carbocycles. The normalized spacial score (nSPS) is 21.1. The van der Waals surface area contributed by atoms with Crippen LogP contribution in [-0.2, 0) is 14.3 Å². The lowest BCUT2D eigenvalue weighted by atomic mass is 10.1. The summed E-state index contributed by atoms with van der Waals surface area (Å²) in [6.45, 7) is 0.953. The molecular weight excluding hydrogens is 462 g/mol. The van der Waals surface area contributed by atoms with Gasteiger partial charge in [0.15, 0.2) is 23.1 Å². The van der Waals surface area contributed by atoms with Gasteiger partial charge in [0.1, 0.15) is 5.52 Å². The number of amides is 1. The SMILES string of the molecule is [2H]C([2H])([2H])Nc1ncc(-c2nc3ccc(N4CCOCC4)cn3n2)c2cc(NC(=O)[C@@H]3C[C@@H]3COC)nnc12. The summed E-state index contributed by atoms with van der Waals surface area (Å²) >= 11 is 0. The Morgan fingerprint density at radius 3 is 3.03 bits per heavy atom. The Kier molecular flexibility index (Phi) is 4.98. The van der Waals surface area contributed by atoms with E-state index in [1.807, 2.05) is 18.3 Å². The minimum atomic E-state index is -2.49. The van der Waals surface area contributed by atoms with E-state index in [1.165, 1.54) is 6.20 Å². The van der Waals surface area contributed by atoms with Gasteiger partial charge in [-0.15, -0.1) is 15.3 Å². The summed E-state index contributed by atoms with van der Waals surface area (Å²) in [6, 6.07) is 5.52. The van der Waals surface area contributed by atoms with Crippen molar-refractivity contribution in [2.24, 2.45) is 11.8 Å². The van der Waals surface area contributed by atoms with Gasteiger partial charge in [-0.1, -0.05) is 0 Å². The van der Waals surface area contributed by atoms with Crippen LogP contribution in [-0.4, -0.2) is 82.7 Å². The molecule has 0 bridgehead atoms. The molecule has 1 amide bonds. The molecule has 36 heavy (non-hydrogen) atoms. The summed E-state index contributed by atoms with van der Waals surface area (Å²) in [4.78, 5) is 23.9. The largest absolute Gasteiger partial charge is 0.384 e. The van der Waals surface area contributed by atoms with Crippen LogP contribution >= 0.6 is 0 Å². The predicted molar refractivity (Wildman–Crippen MR) is 134 cm³/mol. The number of ether oxygens (including phenoxy) is 2. The standard InChI is InChI=1S/C24H27N9O3/c1-25-23-21-17(10-19(29-30-21)27-24(34)16-9-14(16)13-35-2)18(11-26-23)22-28-20-4-3-15(12-33(20)31-22)32-5-7-36-8-6-32/h3-4,10-12,14,16H,5-9,13H2,1-2H3,(H,25,26)(H,27,29,34)/t14-,16-/m1/s1/i1D3. The van der Waals surface area contributed by atoms with Crippen molar-refractivity contribution in [3.8, 4) is 11.4 Å². The number of nitrogens with zero attached hydrogens (tertiary/aromatic N) is 7. The van der Waals surface area contributed by atoms with E-state index in [0.29, 0.717) is 42.2 Å². The van der Waals surface area contributed by atoms with Crippen LogP contribution in [0.4, 0.5) is 17.3 Å².